The maximum atomic E-state index is 6.18. The van der Waals surface area contributed by atoms with Gasteiger partial charge in [-0.25, -0.2) is 4.98 Å². The van der Waals surface area contributed by atoms with E-state index >= 15 is 0 Å². The molecular formula is C14H21N2OSi. The number of pyridine rings is 1. The smallest absolute Gasteiger partial charge is 0.205 e. The van der Waals surface area contributed by atoms with E-state index in [1.807, 2.05) is 12.4 Å². The van der Waals surface area contributed by atoms with Crippen LogP contribution in [0.1, 0.15) is 32.4 Å². The summed E-state index contributed by atoms with van der Waals surface area (Å²) in [6, 6.07) is 4.23. The Hall–Kier alpha value is -1.13. The van der Waals surface area contributed by atoms with E-state index in [2.05, 4.69) is 56.0 Å². The average Bonchev–Trinajstić information content (AvgIpc) is 2.70. The number of aromatic nitrogens is 2. The van der Waals surface area contributed by atoms with E-state index in [1.165, 1.54) is 5.56 Å². The third-order valence-electron chi connectivity index (χ3n) is 2.86. The molecule has 0 fully saturated rings. The fourth-order valence-electron chi connectivity index (χ4n) is 2.08. The standard InChI is InChI=1S/C14H21N2OSi/c1-14(2,3)12(17-18(4)5)11-8-10-6-7-15-13(10)16-9-11/h6-9,12H,1-5H3,(H,15,16). The van der Waals surface area contributed by atoms with Crippen LogP contribution in [0.5, 0.6) is 0 Å². The lowest BCUT2D eigenvalue weighted by atomic mass is 9.85. The lowest BCUT2D eigenvalue weighted by molar-refractivity contribution is 0.0864. The minimum absolute atomic E-state index is 0.0770. The van der Waals surface area contributed by atoms with Crippen LogP contribution in [0.4, 0.5) is 0 Å². The number of nitrogens with zero attached hydrogens (tertiary/aromatic N) is 1. The van der Waals surface area contributed by atoms with Crippen LogP contribution in [0.25, 0.3) is 11.0 Å². The van der Waals surface area contributed by atoms with Gasteiger partial charge in [-0.15, -0.1) is 0 Å². The molecule has 0 spiro atoms. The van der Waals surface area contributed by atoms with Gasteiger partial charge in [-0.05, 0) is 36.2 Å². The Morgan fingerprint density at radius 1 is 1.33 bits per heavy atom. The lowest BCUT2D eigenvalue weighted by Crippen LogP contribution is -2.26. The van der Waals surface area contributed by atoms with Gasteiger partial charge in [0, 0.05) is 17.8 Å². The zero-order chi connectivity index (χ0) is 13.3. The van der Waals surface area contributed by atoms with Crippen molar-refractivity contribution in [2.45, 2.75) is 40.0 Å². The van der Waals surface area contributed by atoms with Crippen molar-refractivity contribution >= 4 is 20.1 Å². The van der Waals surface area contributed by atoms with Gasteiger partial charge < -0.3 is 9.41 Å². The Morgan fingerprint density at radius 2 is 2.06 bits per heavy atom. The number of hydrogen-bond acceptors (Lipinski definition) is 2. The van der Waals surface area contributed by atoms with Crippen molar-refractivity contribution in [1.82, 2.24) is 9.97 Å². The topological polar surface area (TPSA) is 37.9 Å². The van der Waals surface area contributed by atoms with Crippen molar-refractivity contribution in [3.8, 4) is 0 Å². The van der Waals surface area contributed by atoms with Gasteiger partial charge in [0.05, 0.1) is 6.10 Å². The summed E-state index contributed by atoms with van der Waals surface area (Å²) in [6.07, 6.45) is 3.95. The first-order chi connectivity index (χ1) is 8.38. The summed E-state index contributed by atoms with van der Waals surface area (Å²) in [5.41, 5.74) is 2.18. The van der Waals surface area contributed by atoms with E-state index in [4.69, 9.17) is 4.43 Å². The molecule has 0 aliphatic rings. The molecule has 0 aliphatic heterocycles. The second-order valence-corrected chi connectivity index (χ2v) is 8.01. The molecule has 2 aromatic heterocycles. The van der Waals surface area contributed by atoms with Crippen LogP contribution in [0.2, 0.25) is 13.1 Å². The molecule has 1 atom stereocenters. The molecule has 2 aromatic rings. The maximum Gasteiger partial charge on any atom is 0.205 e. The van der Waals surface area contributed by atoms with E-state index in [0.717, 1.165) is 11.0 Å². The van der Waals surface area contributed by atoms with Crippen molar-refractivity contribution in [2.24, 2.45) is 5.41 Å². The number of aromatic amines is 1. The molecule has 4 heteroatoms. The molecule has 1 unspecified atom stereocenters. The van der Waals surface area contributed by atoms with Crippen molar-refractivity contribution in [1.29, 1.82) is 0 Å². The molecule has 0 saturated heterocycles. The summed E-state index contributed by atoms with van der Waals surface area (Å²) in [4.78, 5) is 7.58. The van der Waals surface area contributed by atoms with Crippen molar-refractivity contribution < 1.29 is 4.43 Å². The number of hydrogen-bond donors (Lipinski definition) is 1. The summed E-state index contributed by atoms with van der Waals surface area (Å²) in [5.74, 6) is 0. The predicted octanol–water partition coefficient (Wildman–Crippen LogP) is 3.92. The number of rotatable bonds is 3. The zero-order valence-corrected chi connectivity index (χ0v) is 12.7. The predicted molar refractivity (Wildman–Crippen MR) is 76.9 cm³/mol. The highest BCUT2D eigenvalue weighted by molar-refractivity contribution is 6.48. The quantitative estimate of drug-likeness (QED) is 0.850. The molecule has 0 aromatic carbocycles. The first-order valence-electron chi connectivity index (χ1n) is 6.28. The average molecular weight is 261 g/mol. The van der Waals surface area contributed by atoms with E-state index in [-0.39, 0.29) is 11.5 Å². The van der Waals surface area contributed by atoms with Crippen LogP contribution < -0.4 is 0 Å². The van der Waals surface area contributed by atoms with Gasteiger partial charge in [-0.2, -0.15) is 0 Å². The maximum absolute atomic E-state index is 6.18. The van der Waals surface area contributed by atoms with Gasteiger partial charge in [0.1, 0.15) is 5.65 Å². The summed E-state index contributed by atoms with van der Waals surface area (Å²) in [6.45, 7) is 11.0. The molecule has 2 heterocycles. The number of nitrogens with one attached hydrogen (secondary N) is 1. The second-order valence-electron chi connectivity index (χ2n) is 5.96. The van der Waals surface area contributed by atoms with Crippen LogP contribution in [-0.2, 0) is 4.43 Å². The van der Waals surface area contributed by atoms with Gasteiger partial charge in [0.2, 0.25) is 9.04 Å². The SMILES string of the molecule is C[Si](C)OC(c1cnc2[nH]ccc2c1)C(C)(C)C. The molecular weight excluding hydrogens is 240 g/mol. The third kappa shape index (κ3) is 2.82. The Balaban J connectivity index is 2.40. The molecule has 2 rings (SSSR count). The molecule has 0 amide bonds. The molecule has 1 N–H and O–H groups in total. The van der Waals surface area contributed by atoms with Gasteiger partial charge >= 0.3 is 0 Å². The Labute approximate surface area is 110 Å². The molecule has 0 aliphatic carbocycles. The first kappa shape index (κ1) is 13.3. The van der Waals surface area contributed by atoms with Gasteiger partial charge in [-0.3, -0.25) is 0 Å². The summed E-state index contributed by atoms with van der Waals surface area (Å²) >= 11 is 0. The second kappa shape index (κ2) is 4.86. The van der Waals surface area contributed by atoms with Gasteiger partial charge in [-0.1, -0.05) is 20.8 Å². The minimum atomic E-state index is -0.738. The molecule has 0 bridgehead atoms. The van der Waals surface area contributed by atoms with Crippen LogP contribution in [0.15, 0.2) is 24.5 Å². The van der Waals surface area contributed by atoms with Crippen molar-refractivity contribution in [2.75, 3.05) is 0 Å². The van der Waals surface area contributed by atoms with E-state index in [9.17, 15) is 0 Å². The highest BCUT2D eigenvalue weighted by atomic mass is 28.3. The highest BCUT2D eigenvalue weighted by Crippen LogP contribution is 2.37. The van der Waals surface area contributed by atoms with E-state index in [1.54, 1.807) is 0 Å². The first-order valence-corrected chi connectivity index (χ1v) is 8.68. The van der Waals surface area contributed by atoms with Gasteiger partial charge in [0.25, 0.3) is 0 Å². The van der Waals surface area contributed by atoms with Crippen LogP contribution >= 0.6 is 0 Å². The molecule has 97 valence electrons. The fourth-order valence-corrected chi connectivity index (χ4v) is 3.04. The molecule has 1 radical (unpaired) electrons. The minimum Gasteiger partial charge on any atom is -0.410 e. The third-order valence-corrected chi connectivity index (χ3v) is 3.57. The zero-order valence-electron chi connectivity index (χ0n) is 11.7. The van der Waals surface area contributed by atoms with Crippen molar-refractivity contribution in [3.05, 3.63) is 30.1 Å². The van der Waals surface area contributed by atoms with Crippen molar-refractivity contribution in [3.63, 3.8) is 0 Å². The lowest BCUT2D eigenvalue weighted by Gasteiger charge is -2.32. The van der Waals surface area contributed by atoms with E-state index < -0.39 is 9.04 Å². The monoisotopic (exact) mass is 261 g/mol. The Kier molecular flexibility index (Phi) is 3.59. The number of fused-ring (bicyclic) bond motifs is 1. The Bertz CT molecular complexity index is 528. The Morgan fingerprint density at radius 3 is 2.67 bits per heavy atom. The summed E-state index contributed by atoms with van der Waals surface area (Å²) in [5, 5.41) is 1.14. The summed E-state index contributed by atoms with van der Waals surface area (Å²) in [7, 11) is -0.738. The van der Waals surface area contributed by atoms with Gasteiger partial charge in [0.15, 0.2) is 0 Å². The molecule has 0 saturated carbocycles. The van der Waals surface area contributed by atoms with Crippen LogP contribution in [0, 0.1) is 5.41 Å². The van der Waals surface area contributed by atoms with E-state index in [0.29, 0.717) is 0 Å². The molecule has 18 heavy (non-hydrogen) atoms. The summed E-state index contributed by atoms with van der Waals surface area (Å²) < 4.78 is 6.18. The fraction of sp³-hybridized carbons (Fsp3) is 0.500. The normalized spacial score (nSPS) is 14.3. The number of H-pyrrole nitrogens is 1. The molecule has 3 nitrogen and oxygen atoms in total. The largest absolute Gasteiger partial charge is 0.410 e. The highest BCUT2D eigenvalue weighted by Gasteiger charge is 2.28. The van der Waals surface area contributed by atoms with Crippen LogP contribution in [-0.4, -0.2) is 19.0 Å². The van der Waals surface area contributed by atoms with Crippen LogP contribution in [0.3, 0.4) is 0 Å².